The minimum Gasteiger partial charge on any atom is -0.331 e. The summed E-state index contributed by atoms with van der Waals surface area (Å²) in [5, 5.41) is 7.94. The minimum absolute atomic E-state index is 0.205. The maximum Gasteiger partial charge on any atom is 0.412 e. The third-order valence-electron chi connectivity index (χ3n) is 4.96. The zero-order valence-corrected chi connectivity index (χ0v) is 12.9. The van der Waals surface area contributed by atoms with Crippen LogP contribution in [-0.2, 0) is 0 Å². The molecule has 1 aliphatic heterocycles. The Morgan fingerprint density at radius 3 is 2.67 bits per heavy atom. The second kappa shape index (κ2) is 6.23. The number of halogens is 4. The van der Waals surface area contributed by atoms with Gasteiger partial charge in [-0.25, -0.2) is 9.18 Å². The lowest BCUT2D eigenvalue weighted by molar-refractivity contribution is -0.155. The van der Waals surface area contributed by atoms with Crippen LogP contribution in [0.5, 0.6) is 0 Å². The van der Waals surface area contributed by atoms with Crippen molar-refractivity contribution in [3.05, 3.63) is 35.6 Å². The van der Waals surface area contributed by atoms with E-state index in [1.54, 1.807) is 0 Å². The summed E-state index contributed by atoms with van der Waals surface area (Å²) < 4.78 is 52.8. The number of nitrogens with one attached hydrogen (secondary N) is 3. The molecule has 3 atom stereocenters. The standard InChI is InChI=1S/C16H19F4N3O/c17-12-5-3-10(4-6-12)13(16(18,19)20)22-14(24)23-15-7-1-2-11(15)8-21-9-15/h3-6,11,13,21H,1-2,7-9H2,(H2,22,23,24)/t11-,13+,15-/m0/s1. The van der Waals surface area contributed by atoms with Gasteiger partial charge in [-0.1, -0.05) is 18.6 Å². The Kier molecular flexibility index (Phi) is 4.42. The Bertz CT molecular complexity index is 592. The summed E-state index contributed by atoms with van der Waals surface area (Å²) >= 11 is 0. The van der Waals surface area contributed by atoms with Crippen LogP contribution in [0.3, 0.4) is 0 Å². The zero-order valence-electron chi connectivity index (χ0n) is 12.9. The van der Waals surface area contributed by atoms with Gasteiger partial charge in [-0.15, -0.1) is 0 Å². The average molecular weight is 345 g/mol. The molecule has 2 fully saturated rings. The number of fused-ring (bicyclic) bond motifs is 1. The van der Waals surface area contributed by atoms with Crippen LogP contribution in [0.1, 0.15) is 30.9 Å². The van der Waals surface area contributed by atoms with Crippen molar-refractivity contribution in [2.75, 3.05) is 13.1 Å². The summed E-state index contributed by atoms with van der Waals surface area (Å²) in [7, 11) is 0. The Morgan fingerprint density at radius 2 is 2.00 bits per heavy atom. The van der Waals surface area contributed by atoms with Crippen molar-refractivity contribution in [3.8, 4) is 0 Å². The molecule has 2 aliphatic rings. The summed E-state index contributed by atoms with van der Waals surface area (Å²) in [6, 6.07) is 0.921. The van der Waals surface area contributed by atoms with E-state index in [2.05, 4.69) is 10.6 Å². The van der Waals surface area contributed by atoms with Crippen molar-refractivity contribution in [2.45, 2.75) is 37.0 Å². The molecule has 1 aromatic rings. The highest BCUT2D eigenvalue weighted by atomic mass is 19.4. The van der Waals surface area contributed by atoms with Crippen LogP contribution in [-0.4, -0.2) is 30.8 Å². The Labute approximate surface area is 137 Å². The SMILES string of the molecule is O=C(N[C@H](c1ccc(F)cc1)C(F)(F)F)N[C@]12CCC[C@H]1CNC2. The normalized spacial score (nSPS) is 27.6. The fraction of sp³-hybridized carbons (Fsp3) is 0.562. The smallest absolute Gasteiger partial charge is 0.331 e. The summed E-state index contributed by atoms with van der Waals surface area (Å²) in [6.07, 6.45) is -2.01. The first-order valence-electron chi connectivity index (χ1n) is 7.92. The number of amides is 2. The fourth-order valence-electron chi connectivity index (χ4n) is 3.76. The van der Waals surface area contributed by atoms with Crippen LogP contribution in [0.25, 0.3) is 0 Å². The number of urea groups is 1. The van der Waals surface area contributed by atoms with E-state index < -0.39 is 29.6 Å². The summed E-state index contributed by atoms with van der Waals surface area (Å²) in [5.74, 6) is -0.382. The lowest BCUT2D eigenvalue weighted by Crippen LogP contribution is -2.56. The highest BCUT2D eigenvalue weighted by molar-refractivity contribution is 5.75. The molecule has 1 aromatic carbocycles. The predicted octanol–water partition coefficient (Wildman–Crippen LogP) is 2.87. The molecular formula is C16H19F4N3O. The van der Waals surface area contributed by atoms with Gasteiger partial charge in [0.15, 0.2) is 6.04 Å². The van der Waals surface area contributed by atoms with Crippen LogP contribution in [0.2, 0.25) is 0 Å². The van der Waals surface area contributed by atoms with Crippen LogP contribution in [0.4, 0.5) is 22.4 Å². The quantitative estimate of drug-likeness (QED) is 0.738. The number of hydrogen-bond donors (Lipinski definition) is 3. The van der Waals surface area contributed by atoms with Crippen molar-refractivity contribution in [2.24, 2.45) is 5.92 Å². The Hall–Kier alpha value is -1.83. The van der Waals surface area contributed by atoms with E-state index in [4.69, 9.17) is 0 Å². The summed E-state index contributed by atoms with van der Waals surface area (Å²) in [4.78, 5) is 12.2. The maximum absolute atomic E-state index is 13.3. The molecule has 132 valence electrons. The third kappa shape index (κ3) is 3.33. The van der Waals surface area contributed by atoms with Crippen molar-refractivity contribution < 1.29 is 22.4 Å². The maximum atomic E-state index is 13.3. The van der Waals surface area contributed by atoms with Crippen LogP contribution in [0.15, 0.2) is 24.3 Å². The molecule has 3 N–H and O–H groups in total. The monoisotopic (exact) mass is 345 g/mol. The second-order valence-electron chi connectivity index (χ2n) is 6.50. The second-order valence-corrected chi connectivity index (χ2v) is 6.50. The lowest BCUT2D eigenvalue weighted by atomic mass is 9.91. The molecule has 1 saturated carbocycles. The molecule has 0 unspecified atom stereocenters. The first-order chi connectivity index (χ1) is 11.3. The van der Waals surface area contributed by atoms with E-state index in [-0.39, 0.29) is 11.5 Å². The molecular weight excluding hydrogens is 326 g/mol. The molecule has 24 heavy (non-hydrogen) atoms. The van der Waals surface area contributed by atoms with Crippen molar-refractivity contribution in [3.63, 3.8) is 0 Å². The summed E-state index contributed by atoms with van der Waals surface area (Å²) in [5.41, 5.74) is -0.674. The molecule has 4 nitrogen and oxygen atoms in total. The molecule has 1 aliphatic carbocycles. The van der Waals surface area contributed by atoms with Gasteiger partial charge in [0, 0.05) is 13.1 Å². The minimum atomic E-state index is -4.67. The van der Waals surface area contributed by atoms with Gasteiger partial charge in [0.2, 0.25) is 0 Å². The van der Waals surface area contributed by atoms with Crippen LogP contribution in [0, 0.1) is 11.7 Å². The van der Waals surface area contributed by atoms with Gasteiger partial charge in [-0.2, -0.15) is 13.2 Å². The zero-order chi connectivity index (χ0) is 17.4. The van der Waals surface area contributed by atoms with E-state index in [1.165, 1.54) is 0 Å². The lowest BCUT2D eigenvalue weighted by Gasteiger charge is -2.31. The number of hydrogen-bond acceptors (Lipinski definition) is 2. The molecule has 8 heteroatoms. The van der Waals surface area contributed by atoms with E-state index in [0.717, 1.165) is 50.1 Å². The van der Waals surface area contributed by atoms with Crippen LogP contribution < -0.4 is 16.0 Å². The van der Waals surface area contributed by atoms with Gasteiger partial charge in [0.05, 0.1) is 5.54 Å². The van der Waals surface area contributed by atoms with Crippen LogP contribution >= 0.6 is 0 Å². The van der Waals surface area contributed by atoms with Gasteiger partial charge in [-0.05, 0) is 36.5 Å². The van der Waals surface area contributed by atoms with Crippen molar-refractivity contribution in [1.29, 1.82) is 0 Å². The first kappa shape index (κ1) is 17.0. The number of carbonyl (C=O) groups excluding carboxylic acids is 1. The number of benzene rings is 1. The first-order valence-corrected chi connectivity index (χ1v) is 7.92. The third-order valence-corrected chi connectivity index (χ3v) is 4.96. The Morgan fingerprint density at radius 1 is 1.29 bits per heavy atom. The molecule has 2 amide bonds. The van der Waals surface area contributed by atoms with Gasteiger partial charge < -0.3 is 16.0 Å². The Balaban J connectivity index is 1.73. The number of carbonyl (C=O) groups is 1. The van der Waals surface area contributed by atoms with E-state index in [1.807, 2.05) is 5.32 Å². The fourth-order valence-corrected chi connectivity index (χ4v) is 3.76. The molecule has 1 heterocycles. The largest absolute Gasteiger partial charge is 0.412 e. The van der Waals surface area contributed by atoms with Gasteiger partial charge in [0.25, 0.3) is 0 Å². The van der Waals surface area contributed by atoms with Gasteiger partial charge >= 0.3 is 12.2 Å². The van der Waals surface area contributed by atoms with E-state index >= 15 is 0 Å². The van der Waals surface area contributed by atoms with E-state index in [9.17, 15) is 22.4 Å². The molecule has 0 bridgehead atoms. The molecule has 0 aromatic heterocycles. The predicted molar refractivity (Wildman–Crippen MR) is 79.8 cm³/mol. The van der Waals surface area contributed by atoms with Crippen molar-refractivity contribution in [1.82, 2.24) is 16.0 Å². The highest BCUT2D eigenvalue weighted by Crippen LogP contribution is 2.38. The molecule has 0 radical (unpaired) electrons. The average Bonchev–Trinajstić information content (AvgIpc) is 3.04. The molecule has 3 rings (SSSR count). The topological polar surface area (TPSA) is 53.2 Å². The van der Waals surface area contributed by atoms with Crippen molar-refractivity contribution >= 4 is 6.03 Å². The number of alkyl halides is 3. The van der Waals surface area contributed by atoms with Gasteiger partial charge in [0.1, 0.15) is 5.82 Å². The van der Waals surface area contributed by atoms with E-state index in [0.29, 0.717) is 6.54 Å². The summed E-state index contributed by atoms with van der Waals surface area (Å²) in [6.45, 7) is 1.33. The number of rotatable bonds is 3. The van der Waals surface area contributed by atoms with Gasteiger partial charge in [-0.3, -0.25) is 0 Å². The highest BCUT2D eigenvalue weighted by Gasteiger charge is 2.48. The molecule has 0 spiro atoms. The molecule has 1 saturated heterocycles.